The van der Waals surface area contributed by atoms with Gasteiger partial charge >= 0.3 is 0 Å². The molecule has 1 saturated carbocycles. The zero-order valence-corrected chi connectivity index (χ0v) is 16.3. The van der Waals surface area contributed by atoms with E-state index < -0.39 is 5.54 Å². The Hall–Kier alpha value is -2.32. The van der Waals surface area contributed by atoms with Gasteiger partial charge in [0.15, 0.2) is 11.5 Å². The molecule has 1 heterocycles. The highest BCUT2D eigenvalue weighted by molar-refractivity contribution is 6.08. The fraction of sp³-hybridized carbons (Fsp3) is 0.545. The second-order valence-electron chi connectivity index (χ2n) is 7.96. The van der Waals surface area contributed by atoms with Crippen LogP contribution < -0.4 is 5.73 Å². The van der Waals surface area contributed by atoms with Crippen molar-refractivity contribution in [3.8, 4) is 11.8 Å². The van der Waals surface area contributed by atoms with Crippen molar-refractivity contribution in [3.63, 3.8) is 0 Å². The second kappa shape index (κ2) is 6.38. The average Bonchev–Trinajstić information content (AvgIpc) is 3.08. The highest BCUT2D eigenvalue weighted by atomic mass is 16.5. The molecule has 1 atom stereocenters. The highest BCUT2D eigenvalue weighted by Gasteiger charge is 2.66. The quantitative estimate of drug-likeness (QED) is 0.778. The van der Waals surface area contributed by atoms with Crippen LogP contribution in [0.1, 0.15) is 55.7 Å². The molecule has 1 aromatic rings. The molecule has 1 amide bonds. The van der Waals surface area contributed by atoms with Crippen molar-refractivity contribution in [2.24, 2.45) is 16.1 Å². The number of hydrogen-bond acceptors (Lipinski definition) is 4. The van der Waals surface area contributed by atoms with E-state index in [1.54, 1.807) is 14.2 Å². The van der Waals surface area contributed by atoms with E-state index in [4.69, 9.17) is 15.5 Å². The number of carbonyl (C=O) groups excluding carboxylic acids is 1. The van der Waals surface area contributed by atoms with Crippen LogP contribution in [0.4, 0.5) is 0 Å². The standard InChI is InChI=1S/C22H27N3O2/c1-4-5-6-15-7-8-16-14-21(11-9-17(27-3)10-12-21)22(18(16)13-15)19(26)25(2)20(23)24-22/h7-8,13,17H,4,9-12,14H2,1-3H3,(H2,23,24). The first-order valence-electron chi connectivity index (χ1n) is 9.76. The molecule has 1 unspecified atom stereocenters. The number of nitrogens with two attached hydrogens (primary N) is 1. The van der Waals surface area contributed by atoms with E-state index in [1.165, 1.54) is 10.5 Å². The van der Waals surface area contributed by atoms with Crippen LogP contribution in [0.3, 0.4) is 0 Å². The molecule has 5 nitrogen and oxygen atoms in total. The number of guanidine groups is 1. The summed E-state index contributed by atoms with van der Waals surface area (Å²) in [7, 11) is 3.49. The van der Waals surface area contributed by atoms with Gasteiger partial charge in [-0.3, -0.25) is 9.69 Å². The summed E-state index contributed by atoms with van der Waals surface area (Å²) in [5, 5.41) is 0. The second-order valence-corrected chi connectivity index (χ2v) is 7.96. The Balaban J connectivity index is 1.87. The maximum absolute atomic E-state index is 13.5. The molecule has 2 aliphatic carbocycles. The van der Waals surface area contributed by atoms with Crippen LogP contribution in [0.2, 0.25) is 0 Å². The van der Waals surface area contributed by atoms with Crippen LogP contribution in [0.15, 0.2) is 23.2 Å². The number of ether oxygens (including phenoxy) is 1. The number of aliphatic imine (C=N–C) groups is 1. The van der Waals surface area contributed by atoms with Gasteiger partial charge in [0.05, 0.1) is 6.10 Å². The molecule has 1 fully saturated rings. The first-order valence-corrected chi connectivity index (χ1v) is 9.76. The third kappa shape index (κ3) is 2.43. The summed E-state index contributed by atoms with van der Waals surface area (Å²) >= 11 is 0. The molecule has 4 rings (SSSR count). The molecule has 1 aliphatic heterocycles. The van der Waals surface area contributed by atoms with Crippen LogP contribution >= 0.6 is 0 Å². The summed E-state index contributed by atoms with van der Waals surface area (Å²) < 4.78 is 5.58. The Morgan fingerprint density at radius 2 is 2.11 bits per heavy atom. The monoisotopic (exact) mass is 365 g/mol. The van der Waals surface area contributed by atoms with Crippen molar-refractivity contribution in [2.45, 2.75) is 57.1 Å². The molecule has 0 saturated heterocycles. The summed E-state index contributed by atoms with van der Waals surface area (Å²) in [6, 6.07) is 6.26. The molecule has 2 spiro atoms. The lowest BCUT2D eigenvalue weighted by molar-refractivity contribution is -0.137. The summed E-state index contributed by atoms with van der Waals surface area (Å²) in [4.78, 5) is 19.9. The third-order valence-corrected chi connectivity index (χ3v) is 6.67. The van der Waals surface area contributed by atoms with Gasteiger partial charge in [-0.25, -0.2) is 4.99 Å². The van der Waals surface area contributed by atoms with Crippen LogP contribution in [-0.4, -0.2) is 37.0 Å². The largest absolute Gasteiger partial charge is 0.381 e. The van der Waals surface area contributed by atoms with Crippen LogP contribution in [0.5, 0.6) is 0 Å². The van der Waals surface area contributed by atoms with Gasteiger partial charge in [-0.15, -0.1) is 0 Å². The number of methoxy groups -OCH3 is 1. The summed E-state index contributed by atoms with van der Waals surface area (Å²) in [6.45, 7) is 2.03. The maximum Gasteiger partial charge on any atom is 0.262 e. The molecule has 0 bridgehead atoms. The third-order valence-electron chi connectivity index (χ3n) is 6.67. The van der Waals surface area contributed by atoms with Crippen LogP contribution in [0.25, 0.3) is 0 Å². The van der Waals surface area contributed by atoms with Crippen LogP contribution in [-0.2, 0) is 21.5 Å². The first-order chi connectivity index (χ1) is 13.0. The molecule has 0 aromatic heterocycles. The van der Waals surface area contributed by atoms with Gasteiger partial charge in [-0.2, -0.15) is 0 Å². The number of carbonyl (C=O) groups is 1. The maximum atomic E-state index is 13.5. The molecule has 5 heteroatoms. The van der Waals surface area contributed by atoms with Crippen molar-refractivity contribution in [1.82, 2.24) is 4.90 Å². The fourth-order valence-electron chi connectivity index (χ4n) is 5.19. The van der Waals surface area contributed by atoms with E-state index in [9.17, 15) is 4.79 Å². The number of benzene rings is 1. The van der Waals surface area contributed by atoms with Crippen molar-refractivity contribution in [1.29, 1.82) is 0 Å². The predicted molar refractivity (Wildman–Crippen MR) is 105 cm³/mol. The summed E-state index contributed by atoms with van der Waals surface area (Å²) in [5.74, 6) is 6.63. The van der Waals surface area contributed by atoms with E-state index in [-0.39, 0.29) is 17.4 Å². The van der Waals surface area contributed by atoms with Gasteiger partial charge in [-0.1, -0.05) is 24.8 Å². The molecule has 27 heavy (non-hydrogen) atoms. The topological polar surface area (TPSA) is 67.9 Å². The lowest BCUT2D eigenvalue weighted by Gasteiger charge is -2.45. The van der Waals surface area contributed by atoms with E-state index in [0.717, 1.165) is 49.7 Å². The normalized spacial score (nSPS) is 31.8. The molecular weight excluding hydrogens is 338 g/mol. The van der Waals surface area contributed by atoms with E-state index in [1.807, 2.05) is 6.92 Å². The smallest absolute Gasteiger partial charge is 0.262 e. The van der Waals surface area contributed by atoms with Crippen LogP contribution in [0, 0.1) is 17.3 Å². The average molecular weight is 365 g/mol. The first kappa shape index (κ1) is 18.1. The van der Waals surface area contributed by atoms with Crippen molar-refractivity contribution in [2.75, 3.05) is 14.2 Å². The highest BCUT2D eigenvalue weighted by Crippen LogP contribution is 2.61. The lowest BCUT2D eigenvalue weighted by atomic mass is 9.61. The van der Waals surface area contributed by atoms with Crippen molar-refractivity contribution in [3.05, 3.63) is 34.9 Å². The number of nitrogens with zero attached hydrogens (tertiary/aromatic N) is 2. The van der Waals surface area contributed by atoms with Gasteiger partial charge in [0, 0.05) is 31.6 Å². The van der Waals surface area contributed by atoms with Gasteiger partial charge in [0.1, 0.15) is 0 Å². The summed E-state index contributed by atoms with van der Waals surface area (Å²) in [5.41, 5.74) is 8.14. The lowest BCUT2D eigenvalue weighted by Crippen LogP contribution is -2.51. The van der Waals surface area contributed by atoms with Gasteiger partial charge in [0.2, 0.25) is 0 Å². The number of hydrogen-bond donors (Lipinski definition) is 1. The van der Waals surface area contributed by atoms with Gasteiger partial charge < -0.3 is 10.5 Å². The van der Waals surface area contributed by atoms with Crippen molar-refractivity contribution < 1.29 is 9.53 Å². The minimum absolute atomic E-state index is 0.00443. The van der Waals surface area contributed by atoms with Gasteiger partial charge in [0.25, 0.3) is 5.91 Å². The minimum Gasteiger partial charge on any atom is -0.381 e. The Bertz CT molecular complexity index is 871. The number of rotatable bonds is 1. The number of likely N-dealkylation sites (N-methyl/N-ethyl adjacent to an activating group) is 1. The molecule has 1 aromatic carbocycles. The van der Waals surface area contributed by atoms with E-state index >= 15 is 0 Å². The Labute approximate surface area is 161 Å². The Kier molecular flexibility index (Phi) is 4.27. The molecule has 3 aliphatic rings. The Morgan fingerprint density at radius 3 is 2.70 bits per heavy atom. The molecule has 2 N–H and O–H groups in total. The summed E-state index contributed by atoms with van der Waals surface area (Å²) in [6.07, 6.45) is 5.63. The predicted octanol–water partition coefficient (Wildman–Crippen LogP) is 2.56. The Morgan fingerprint density at radius 1 is 1.37 bits per heavy atom. The van der Waals surface area contributed by atoms with E-state index in [0.29, 0.717) is 5.96 Å². The zero-order chi connectivity index (χ0) is 19.2. The number of amides is 1. The zero-order valence-electron chi connectivity index (χ0n) is 16.3. The number of fused-ring (bicyclic) bond motifs is 3. The minimum atomic E-state index is -0.913. The van der Waals surface area contributed by atoms with E-state index in [2.05, 4.69) is 30.0 Å². The molecule has 0 radical (unpaired) electrons. The fourth-order valence-corrected chi connectivity index (χ4v) is 5.19. The van der Waals surface area contributed by atoms with Gasteiger partial charge in [-0.05, 0) is 55.4 Å². The van der Waals surface area contributed by atoms with Crippen molar-refractivity contribution >= 4 is 11.9 Å². The SMILES string of the molecule is CCC#Cc1ccc2c(c1)C1(N=C(N)N(C)C1=O)C1(CCC(OC)CC1)C2. The molecule has 142 valence electrons. The molecular formula is C22H27N3O2.